The van der Waals surface area contributed by atoms with Gasteiger partial charge in [-0.25, -0.2) is 4.79 Å². The fourth-order valence-corrected chi connectivity index (χ4v) is 1.75. The molecule has 1 aliphatic rings. The number of urea groups is 1. The number of nitrogens with one attached hydrogen (secondary N) is 1. The summed E-state index contributed by atoms with van der Waals surface area (Å²) in [6, 6.07) is -0.125. The largest absolute Gasteiger partial charge is 0.394 e. The predicted molar refractivity (Wildman–Crippen MR) is 59.7 cm³/mol. The molecule has 1 saturated heterocycles. The molecule has 1 atom stereocenters. The zero-order chi connectivity index (χ0) is 11.3. The van der Waals surface area contributed by atoms with Crippen molar-refractivity contribution >= 4 is 6.03 Å². The fraction of sp³-hybridized carbons (Fsp3) is 0.909. The molecule has 1 unspecified atom stereocenters. The van der Waals surface area contributed by atoms with Crippen molar-refractivity contribution in [2.24, 2.45) is 5.92 Å². The molecular weight excluding hydrogens is 192 g/mol. The SMILES string of the molecule is CCC(CO)NC(=O)N1CCC(C)CC1. The molecule has 15 heavy (non-hydrogen) atoms. The maximum atomic E-state index is 11.7. The van der Waals surface area contributed by atoms with Gasteiger partial charge < -0.3 is 15.3 Å². The number of likely N-dealkylation sites (tertiary alicyclic amines) is 1. The lowest BCUT2D eigenvalue weighted by Gasteiger charge is -2.31. The van der Waals surface area contributed by atoms with Crippen LogP contribution in [0.3, 0.4) is 0 Å². The van der Waals surface area contributed by atoms with Gasteiger partial charge in [0.15, 0.2) is 0 Å². The number of carbonyl (C=O) groups is 1. The Labute approximate surface area is 91.6 Å². The van der Waals surface area contributed by atoms with Gasteiger partial charge in [-0.1, -0.05) is 13.8 Å². The third-order valence-electron chi connectivity index (χ3n) is 3.11. The van der Waals surface area contributed by atoms with Crippen molar-refractivity contribution in [1.82, 2.24) is 10.2 Å². The first-order valence-corrected chi connectivity index (χ1v) is 5.83. The molecule has 2 amide bonds. The highest BCUT2D eigenvalue weighted by Crippen LogP contribution is 2.15. The number of piperidine rings is 1. The average Bonchev–Trinajstić information content (AvgIpc) is 2.26. The number of hydrogen-bond donors (Lipinski definition) is 2. The molecule has 4 heteroatoms. The third-order valence-corrected chi connectivity index (χ3v) is 3.11. The van der Waals surface area contributed by atoms with Gasteiger partial charge >= 0.3 is 6.03 Å². The summed E-state index contributed by atoms with van der Waals surface area (Å²) >= 11 is 0. The molecule has 0 aromatic rings. The summed E-state index contributed by atoms with van der Waals surface area (Å²) < 4.78 is 0. The van der Waals surface area contributed by atoms with E-state index in [4.69, 9.17) is 5.11 Å². The maximum Gasteiger partial charge on any atom is 0.317 e. The summed E-state index contributed by atoms with van der Waals surface area (Å²) in [5, 5.41) is 11.8. The zero-order valence-electron chi connectivity index (χ0n) is 9.70. The summed E-state index contributed by atoms with van der Waals surface area (Å²) in [5.74, 6) is 0.730. The van der Waals surface area contributed by atoms with Crippen molar-refractivity contribution in [3.63, 3.8) is 0 Å². The van der Waals surface area contributed by atoms with Crippen LogP contribution in [0.25, 0.3) is 0 Å². The van der Waals surface area contributed by atoms with Crippen LogP contribution in [-0.2, 0) is 0 Å². The molecule has 0 spiro atoms. The van der Waals surface area contributed by atoms with Crippen LogP contribution in [0.5, 0.6) is 0 Å². The lowest BCUT2D eigenvalue weighted by Crippen LogP contribution is -2.48. The zero-order valence-corrected chi connectivity index (χ0v) is 9.70. The second-order valence-corrected chi connectivity index (χ2v) is 4.41. The Hall–Kier alpha value is -0.770. The smallest absolute Gasteiger partial charge is 0.317 e. The van der Waals surface area contributed by atoms with E-state index in [1.165, 1.54) is 0 Å². The minimum Gasteiger partial charge on any atom is -0.394 e. The van der Waals surface area contributed by atoms with Crippen LogP contribution in [-0.4, -0.2) is 41.8 Å². The van der Waals surface area contributed by atoms with Crippen LogP contribution in [0.2, 0.25) is 0 Å². The number of nitrogens with zero attached hydrogens (tertiary/aromatic N) is 1. The molecule has 0 aliphatic carbocycles. The highest BCUT2D eigenvalue weighted by Gasteiger charge is 2.21. The molecule has 88 valence electrons. The van der Waals surface area contributed by atoms with Crippen molar-refractivity contribution in [3.05, 3.63) is 0 Å². The lowest BCUT2D eigenvalue weighted by molar-refractivity contribution is 0.161. The number of hydrogen-bond acceptors (Lipinski definition) is 2. The lowest BCUT2D eigenvalue weighted by atomic mass is 10.00. The Bertz CT molecular complexity index is 197. The molecule has 0 saturated carbocycles. The maximum absolute atomic E-state index is 11.7. The van der Waals surface area contributed by atoms with E-state index in [9.17, 15) is 4.79 Å². The van der Waals surface area contributed by atoms with Crippen molar-refractivity contribution in [3.8, 4) is 0 Å². The summed E-state index contributed by atoms with van der Waals surface area (Å²) in [7, 11) is 0. The van der Waals surface area contributed by atoms with E-state index >= 15 is 0 Å². The topological polar surface area (TPSA) is 52.6 Å². The van der Waals surface area contributed by atoms with E-state index in [0.29, 0.717) is 0 Å². The minimum atomic E-state index is -0.100. The van der Waals surface area contributed by atoms with Gasteiger partial charge in [0.25, 0.3) is 0 Å². The van der Waals surface area contributed by atoms with Crippen LogP contribution in [0.15, 0.2) is 0 Å². The van der Waals surface area contributed by atoms with Crippen molar-refractivity contribution < 1.29 is 9.90 Å². The molecule has 0 radical (unpaired) electrons. The molecule has 0 aromatic carbocycles. The Morgan fingerprint density at radius 2 is 2.13 bits per heavy atom. The average molecular weight is 214 g/mol. The number of aliphatic hydroxyl groups is 1. The van der Waals surface area contributed by atoms with Gasteiger partial charge in [-0.05, 0) is 25.2 Å². The van der Waals surface area contributed by atoms with Crippen LogP contribution in [0, 0.1) is 5.92 Å². The first-order valence-electron chi connectivity index (χ1n) is 5.83. The Kier molecular flexibility index (Phi) is 4.88. The summed E-state index contributed by atoms with van der Waals surface area (Å²) in [6.07, 6.45) is 2.94. The molecule has 0 aromatic heterocycles. The van der Waals surface area contributed by atoms with Crippen molar-refractivity contribution in [2.75, 3.05) is 19.7 Å². The van der Waals surface area contributed by atoms with Gasteiger partial charge in [0, 0.05) is 13.1 Å². The first-order chi connectivity index (χ1) is 7.17. The van der Waals surface area contributed by atoms with Crippen LogP contribution < -0.4 is 5.32 Å². The summed E-state index contributed by atoms with van der Waals surface area (Å²) in [5.41, 5.74) is 0. The Balaban J connectivity index is 2.33. The van der Waals surface area contributed by atoms with Crippen LogP contribution in [0.1, 0.15) is 33.1 Å². The standard InChI is InChI=1S/C11H22N2O2/c1-3-10(8-14)12-11(15)13-6-4-9(2)5-7-13/h9-10,14H,3-8H2,1-2H3,(H,12,15). The number of rotatable bonds is 3. The van der Waals surface area contributed by atoms with Gasteiger partial charge in [0.05, 0.1) is 12.6 Å². The van der Waals surface area contributed by atoms with E-state index in [0.717, 1.165) is 38.3 Å². The van der Waals surface area contributed by atoms with Crippen molar-refractivity contribution in [2.45, 2.75) is 39.2 Å². The monoisotopic (exact) mass is 214 g/mol. The molecular formula is C11H22N2O2. The first kappa shape index (κ1) is 12.3. The molecule has 2 N–H and O–H groups in total. The second-order valence-electron chi connectivity index (χ2n) is 4.41. The third kappa shape index (κ3) is 3.70. The number of amides is 2. The minimum absolute atomic E-state index is 0.0203. The van der Waals surface area contributed by atoms with Gasteiger partial charge in [0.2, 0.25) is 0 Å². The van der Waals surface area contributed by atoms with E-state index in [1.54, 1.807) is 0 Å². The van der Waals surface area contributed by atoms with Crippen molar-refractivity contribution in [1.29, 1.82) is 0 Å². The van der Waals surface area contributed by atoms with Gasteiger partial charge in [-0.15, -0.1) is 0 Å². The predicted octanol–water partition coefficient (Wildman–Crippen LogP) is 1.20. The van der Waals surface area contributed by atoms with E-state index in [1.807, 2.05) is 11.8 Å². The van der Waals surface area contributed by atoms with Gasteiger partial charge in [0.1, 0.15) is 0 Å². The Morgan fingerprint density at radius 3 is 2.60 bits per heavy atom. The summed E-state index contributed by atoms with van der Waals surface area (Å²) in [6.45, 7) is 5.88. The number of carbonyl (C=O) groups excluding carboxylic acids is 1. The quantitative estimate of drug-likeness (QED) is 0.741. The highest BCUT2D eigenvalue weighted by molar-refractivity contribution is 5.74. The van der Waals surface area contributed by atoms with Gasteiger partial charge in [-0.2, -0.15) is 0 Å². The van der Waals surface area contributed by atoms with Crippen LogP contribution >= 0.6 is 0 Å². The normalized spacial score (nSPS) is 20.1. The van der Waals surface area contributed by atoms with E-state index in [-0.39, 0.29) is 18.7 Å². The molecule has 0 bridgehead atoms. The summed E-state index contributed by atoms with van der Waals surface area (Å²) in [4.78, 5) is 13.6. The molecule has 1 rings (SSSR count). The fourth-order valence-electron chi connectivity index (χ4n) is 1.75. The van der Waals surface area contributed by atoms with Gasteiger partial charge in [-0.3, -0.25) is 0 Å². The molecule has 1 fully saturated rings. The number of aliphatic hydroxyl groups excluding tert-OH is 1. The Morgan fingerprint density at radius 1 is 1.53 bits per heavy atom. The molecule has 1 aliphatic heterocycles. The van der Waals surface area contributed by atoms with Crippen LogP contribution in [0.4, 0.5) is 4.79 Å². The molecule has 1 heterocycles. The van der Waals surface area contributed by atoms with E-state index in [2.05, 4.69) is 12.2 Å². The second kappa shape index (κ2) is 5.95. The highest BCUT2D eigenvalue weighted by atomic mass is 16.3. The molecule has 4 nitrogen and oxygen atoms in total. The van der Waals surface area contributed by atoms with E-state index < -0.39 is 0 Å².